The first-order chi connectivity index (χ1) is 15.0. The van der Waals surface area contributed by atoms with E-state index in [0.29, 0.717) is 28.2 Å². The zero-order valence-electron chi connectivity index (χ0n) is 16.7. The van der Waals surface area contributed by atoms with Crippen LogP contribution in [0.5, 0.6) is 0 Å². The van der Waals surface area contributed by atoms with Crippen LogP contribution in [-0.2, 0) is 11.3 Å². The van der Waals surface area contributed by atoms with Crippen molar-refractivity contribution < 1.29 is 10.0 Å². The highest BCUT2D eigenvalue weighted by Gasteiger charge is 2.08. The van der Waals surface area contributed by atoms with Gasteiger partial charge in [-0.05, 0) is 31.0 Å². The van der Waals surface area contributed by atoms with Gasteiger partial charge in [0.2, 0.25) is 11.9 Å². The summed E-state index contributed by atoms with van der Waals surface area (Å²) in [5.74, 6) is 0.498. The zero-order valence-corrected chi connectivity index (χ0v) is 18.2. The molecule has 3 aromatic rings. The lowest BCUT2D eigenvalue weighted by Crippen LogP contribution is -2.17. The first kappa shape index (κ1) is 22.8. The number of aryl methyl sites for hydroxylation is 1. The van der Waals surface area contributed by atoms with Crippen LogP contribution < -0.4 is 16.1 Å². The molecule has 3 rings (SSSR count). The topological polar surface area (TPSA) is 117 Å². The molecular weight excluding hydrogens is 441 g/mol. The molecule has 0 radical (unpaired) electrons. The van der Waals surface area contributed by atoms with Crippen LogP contribution in [0.3, 0.4) is 0 Å². The molecule has 4 N–H and O–H groups in total. The number of hydrogen-bond acceptors (Lipinski definition) is 7. The third kappa shape index (κ3) is 7.39. The highest BCUT2D eigenvalue weighted by Crippen LogP contribution is 2.26. The number of aromatic nitrogens is 4. The Labute approximate surface area is 189 Å². The van der Waals surface area contributed by atoms with Crippen molar-refractivity contribution in [3.05, 3.63) is 52.9 Å². The molecule has 0 bridgehead atoms. The van der Waals surface area contributed by atoms with Crippen molar-refractivity contribution in [3.8, 4) is 0 Å². The SMILES string of the molecule is O=C(CCCCCCn1cc(Nc2ncc(Cl)c(Nc3cccc(Cl)c3)n2)cn1)NO. The van der Waals surface area contributed by atoms with Gasteiger partial charge in [0.1, 0.15) is 5.02 Å². The van der Waals surface area contributed by atoms with Crippen LogP contribution in [0.1, 0.15) is 32.1 Å². The zero-order chi connectivity index (χ0) is 22.1. The summed E-state index contributed by atoms with van der Waals surface area (Å²) in [6.07, 6.45) is 9.01. The second kappa shape index (κ2) is 11.5. The third-order valence-electron chi connectivity index (χ3n) is 4.39. The van der Waals surface area contributed by atoms with Gasteiger partial charge in [-0.25, -0.2) is 10.5 Å². The van der Waals surface area contributed by atoms with Gasteiger partial charge in [-0.1, -0.05) is 42.1 Å². The van der Waals surface area contributed by atoms with Gasteiger partial charge in [-0.2, -0.15) is 10.1 Å². The van der Waals surface area contributed by atoms with Crippen LogP contribution >= 0.6 is 23.2 Å². The van der Waals surface area contributed by atoms with Crippen LogP contribution in [-0.4, -0.2) is 30.9 Å². The molecule has 0 saturated carbocycles. The van der Waals surface area contributed by atoms with Crippen molar-refractivity contribution in [3.63, 3.8) is 0 Å². The summed E-state index contributed by atoms with van der Waals surface area (Å²) >= 11 is 12.2. The standard InChI is InChI=1S/C20H23Cl2N7O2/c21-14-6-5-7-15(10-14)25-19-17(22)12-23-20(27-19)26-16-11-24-29(13-16)9-4-2-1-3-8-18(30)28-31/h5-7,10-13,31H,1-4,8-9H2,(H,28,30)(H2,23,25,26,27). The third-order valence-corrected chi connectivity index (χ3v) is 4.90. The van der Waals surface area contributed by atoms with Gasteiger partial charge in [0.25, 0.3) is 0 Å². The molecule has 0 aliphatic carbocycles. The summed E-state index contributed by atoms with van der Waals surface area (Å²) in [5, 5.41) is 20.0. The Hall–Kier alpha value is -2.88. The molecule has 31 heavy (non-hydrogen) atoms. The maximum atomic E-state index is 11.0. The molecule has 0 fully saturated rings. The van der Waals surface area contributed by atoms with Crippen molar-refractivity contribution in [2.24, 2.45) is 0 Å². The number of rotatable bonds is 11. The van der Waals surface area contributed by atoms with E-state index >= 15 is 0 Å². The molecule has 0 atom stereocenters. The number of anilines is 4. The summed E-state index contributed by atoms with van der Waals surface area (Å²) in [5.41, 5.74) is 3.17. The molecule has 0 spiro atoms. The minimum absolute atomic E-state index is 0.335. The van der Waals surface area contributed by atoms with Gasteiger partial charge in [-0.15, -0.1) is 0 Å². The van der Waals surface area contributed by atoms with Gasteiger partial charge in [0, 0.05) is 29.9 Å². The van der Waals surface area contributed by atoms with Crippen LogP contribution in [0.2, 0.25) is 10.0 Å². The quantitative estimate of drug-likeness (QED) is 0.181. The molecule has 164 valence electrons. The van der Waals surface area contributed by atoms with E-state index in [1.165, 1.54) is 6.20 Å². The Kier molecular flexibility index (Phi) is 8.45. The van der Waals surface area contributed by atoms with E-state index in [2.05, 4.69) is 25.7 Å². The van der Waals surface area contributed by atoms with Gasteiger partial charge < -0.3 is 10.6 Å². The molecule has 1 aromatic carbocycles. The average Bonchev–Trinajstić information content (AvgIpc) is 3.20. The summed E-state index contributed by atoms with van der Waals surface area (Å²) in [6.45, 7) is 0.761. The lowest BCUT2D eigenvalue weighted by atomic mass is 10.1. The number of hydroxylamine groups is 1. The molecule has 2 heterocycles. The van der Waals surface area contributed by atoms with Gasteiger partial charge >= 0.3 is 0 Å². The number of carbonyl (C=O) groups excluding carboxylic acids is 1. The van der Waals surface area contributed by atoms with Crippen molar-refractivity contribution in [2.75, 3.05) is 10.6 Å². The Morgan fingerprint density at radius 1 is 1.06 bits per heavy atom. The number of hydrogen-bond donors (Lipinski definition) is 4. The lowest BCUT2D eigenvalue weighted by Gasteiger charge is -2.09. The lowest BCUT2D eigenvalue weighted by molar-refractivity contribution is -0.129. The fourth-order valence-electron chi connectivity index (χ4n) is 2.87. The second-order valence-electron chi connectivity index (χ2n) is 6.84. The second-order valence-corrected chi connectivity index (χ2v) is 7.69. The molecule has 2 aromatic heterocycles. The molecule has 0 aliphatic heterocycles. The summed E-state index contributed by atoms with van der Waals surface area (Å²) < 4.78 is 1.84. The number of unbranched alkanes of at least 4 members (excludes halogenated alkanes) is 3. The first-order valence-electron chi connectivity index (χ1n) is 9.81. The average molecular weight is 464 g/mol. The predicted octanol–water partition coefficient (Wildman–Crippen LogP) is 4.92. The molecular formula is C20H23Cl2N7O2. The van der Waals surface area contributed by atoms with E-state index in [1.54, 1.807) is 23.8 Å². The van der Waals surface area contributed by atoms with E-state index in [1.807, 2.05) is 23.0 Å². The monoisotopic (exact) mass is 463 g/mol. The van der Waals surface area contributed by atoms with Crippen LogP contribution in [0, 0.1) is 0 Å². The number of amides is 1. The van der Waals surface area contributed by atoms with E-state index in [9.17, 15) is 4.79 Å². The highest BCUT2D eigenvalue weighted by atomic mass is 35.5. The Morgan fingerprint density at radius 2 is 1.90 bits per heavy atom. The highest BCUT2D eigenvalue weighted by molar-refractivity contribution is 6.33. The van der Waals surface area contributed by atoms with Crippen molar-refractivity contribution in [1.29, 1.82) is 0 Å². The molecule has 9 nitrogen and oxygen atoms in total. The fraction of sp³-hybridized carbons (Fsp3) is 0.300. The normalized spacial score (nSPS) is 10.7. The van der Waals surface area contributed by atoms with Crippen LogP contribution in [0.4, 0.5) is 23.1 Å². The molecule has 0 unspecified atom stereocenters. The van der Waals surface area contributed by atoms with Crippen LogP contribution in [0.15, 0.2) is 42.9 Å². The number of carbonyl (C=O) groups is 1. The van der Waals surface area contributed by atoms with E-state index in [4.69, 9.17) is 28.4 Å². The van der Waals surface area contributed by atoms with Crippen molar-refractivity contribution in [2.45, 2.75) is 38.6 Å². The van der Waals surface area contributed by atoms with E-state index in [0.717, 1.165) is 43.6 Å². The summed E-state index contributed by atoms with van der Waals surface area (Å²) in [4.78, 5) is 19.6. The van der Waals surface area contributed by atoms with Crippen LogP contribution in [0.25, 0.3) is 0 Å². The summed E-state index contributed by atoms with van der Waals surface area (Å²) in [6, 6.07) is 7.26. The summed E-state index contributed by atoms with van der Waals surface area (Å²) in [7, 11) is 0. The minimum atomic E-state index is -0.349. The number of halogens is 2. The number of nitrogens with zero attached hydrogens (tertiary/aromatic N) is 4. The van der Waals surface area contributed by atoms with E-state index in [-0.39, 0.29) is 5.91 Å². The molecule has 11 heteroatoms. The largest absolute Gasteiger partial charge is 0.339 e. The minimum Gasteiger partial charge on any atom is -0.339 e. The predicted molar refractivity (Wildman–Crippen MR) is 120 cm³/mol. The van der Waals surface area contributed by atoms with Crippen molar-refractivity contribution in [1.82, 2.24) is 25.2 Å². The maximum absolute atomic E-state index is 11.0. The maximum Gasteiger partial charge on any atom is 0.243 e. The Morgan fingerprint density at radius 3 is 2.71 bits per heavy atom. The van der Waals surface area contributed by atoms with Gasteiger partial charge in [0.15, 0.2) is 5.82 Å². The van der Waals surface area contributed by atoms with Gasteiger partial charge in [-0.3, -0.25) is 14.7 Å². The molecule has 1 amide bonds. The molecule has 0 aliphatic rings. The number of nitrogens with one attached hydrogen (secondary N) is 3. The number of benzene rings is 1. The van der Waals surface area contributed by atoms with Gasteiger partial charge in [0.05, 0.1) is 18.1 Å². The Balaban J connectivity index is 1.50. The first-order valence-corrected chi connectivity index (χ1v) is 10.6. The smallest absolute Gasteiger partial charge is 0.243 e. The molecule has 0 saturated heterocycles. The Bertz CT molecular complexity index is 1010. The van der Waals surface area contributed by atoms with Crippen molar-refractivity contribution >= 4 is 52.3 Å². The van der Waals surface area contributed by atoms with E-state index < -0.39 is 0 Å². The fourth-order valence-corrected chi connectivity index (χ4v) is 3.19.